The highest BCUT2D eigenvalue weighted by Gasteiger charge is 2.45. The van der Waals surface area contributed by atoms with E-state index in [0.717, 1.165) is 54.9 Å². The average molecular weight is 563 g/mol. The molecule has 3 aliphatic heterocycles. The van der Waals surface area contributed by atoms with Crippen molar-refractivity contribution in [3.05, 3.63) is 46.4 Å². The first kappa shape index (κ1) is 27.9. The summed E-state index contributed by atoms with van der Waals surface area (Å²) in [5.74, 6) is 0.592. The van der Waals surface area contributed by atoms with Crippen LogP contribution >= 0.6 is 0 Å². The van der Waals surface area contributed by atoms with Crippen LogP contribution in [0.15, 0.2) is 18.2 Å². The molecule has 41 heavy (non-hydrogen) atoms. The molecule has 218 valence electrons. The van der Waals surface area contributed by atoms with Gasteiger partial charge in [0, 0.05) is 55.6 Å². The average Bonchev–Trinajstić information content (AvgIpc) is 3.38. The Balaban J connectivity index is 1.36. The Morgan fingerprint density at radius 1 is 1.27 bits per heavy atom. The van der Waals surface area contributed by atoms with Crippen LogP contribution in [-0.2, 0) is 27.8 Å². The molecule has 0 saturated carbocycles. The van der Waals surface area contributed by atoms with Gasteiger partial charge in [-0.25, -0.2) is 4.39 Å². The molecule has 1 aliphatic carbocycles. The standard InChI is InChI=1S/C31H39FN6O3/c1-20-28-25(7-4-8-26(28)32)31(19-41-20)11-9-24-27(16-31)34-30(40-18-23-6-5-13-36(23)3)35-29(24)37-14-15-38(21(2)39)22(17-37)10-12-33/h4,7-8,20,22-23H,5-6,9-11,13-19H2,1-3H3/t20?,22-,23-,31?/m0/s1. The first-order valence-electron chi connectivity index (χ1n) is 14.8. The molecule has 1 aromatic heterocycles. The number of rotatable bonds is 5. The third-order valence-corrected chi connectivity index (χ3v) is 9.64. The second-order valence-corrected chi connectivity index (χ2v) is 12.1. The quantitative estimate of drug-likeness (QED) is 0.546. The van der Waals surface area contributed by atoms with Crippen molar-refractivity contribution in [1.82, 2.24) is 19.8 Å². The van der Waals surface area contributed by atoms with E-state index in [2.05, 4.69) is 22.9 Å². The van der Waals surface area contributed by atoms with Gasteiger partial charge >= 0.3 is 6.01 Å². The molecule has 2 unspecified atom stereocenters. The summed E-state index contributed by atoms with van der Waals surface area (Å²) in [5.41, 5.74) is 3.28. The van der Waals surface area contributed by atoms with Crippen LogP contribution in [-0.4, -0.2) is 84.2 Å². The van der Waals surface area contributed by atoms with Gasteiger partial charge in [-0.15, -0.1) is 0 Å². The predicted octanol–water partition coefficient (Wildman–Crippen LogP) is 3.56. The SMILES string of the molecule is CC(=O)N1CCN(c2nc(OC[C@@H]3CCCN3C)nc3c2CCC2(COC(C)c4c(F)cccc42)C3)C[C@@H]1CC#N. The highest BCUT2D eigenvalue weighted by Crippen LogP contribution is 2.47. The normalized spacial score (nSPS) is 27.8. The molecule has 4 atom stereocenters. The first-order valence-corrected chi connectivity index (χ1v) is 14.8. The summed E-state index contributed by atoms with van der Waals surface area (Å²) in [4.78, 5) is 28.5. The van der Waals surface area contributed by atoms with Gasteiger partial charge in [0.05, 0.1) is 36.9 Å². The van der Waals surface area contributed by atoms with E-state index in [9.17, 15) is 10.1 Å². The summed E-state index contributed by atoms with van der Waals surface area (Å²) in [5, 5.41) is 9.47. The molecule has 0 N–H and O–H groups in total. The van der Waals surface area contributed by atoms with Crippen molar-refractivity contribution in [2.75, 3.05) is 51.3 Å². The van der Waals surface area contributed by atoms with E-state index < -0.39 is 0 Å². The zero-order valence-electron chi connectivity index (χ0n) is 24.2. The Kier molecular flexibility index (Phi) is 7.60. The number of hydrogen-bond acceptors (Lipinski definition) is 8. The highest BCUT2D eigenvalue weighted by atomic mass is 19.1. The van der Waals surface area contributed by atoms with Crippen molar-refractivity contribution in [2.24, 2.45) is 0 Å². The van der Waals surface area contributed by atoms with Crippen LogP contribution in [0.2, 0.25) is 0 Å². The van der Waals surface area contributed by atoms with Gasteiger partial charge in [-0.05, 0) is 57.8 Å². The number of nitrogens with zero attached hydrogens (tertiary/aromatic N) is 6. The molecular formula is C31H39FN6O3. The third-order valence-electron chi connectivity index (χ3n) is 9.64. The van der Waals surface area contributed by atoms with E-state index in [1.165, 1.54) is 6.07 Å². The molecule has 0 bridgehead atoms. The van der Waals surface area contributed by atoms with E-state index in [1.807, 2.05) is 13.0 Å². The molecule has 2 saturated heterocycles. The fourth-order valence-electron chi connectivity index (χ4n) is 7.31. The lowest BCUT2D eigenvalue weighted by molar-refractivity contribution is -0.131. The molecule has 2 aromatic rings. The number of ether oxygens (including phenoxy) is 2. The van der Waals surface area contributed by atoms with E-state index in [0.29, 0.717) is 56.9 Å². The Hall–Kier alpha value is -3.29. The van der Waals surface area contributed by atoms with E-state index in [1.54, 1.807) is 17.9 Å². The number of halogens is 1. The van der Waals surface area contributed by atoms with Crippen LogP contribution in [0.5, 0.6) is 6.01 Å². The predicted molar refractivity (Wildman–Crippen MR) is 151 cm³/mol. The van der Waals surface area contributed by atoms with Crippen molar-refractivity contribution < 1.29 is 18.7 Å². The summed E-state index contributed by atoms with van der Waals surface area (Å²) in [6, 6.07) is 8.09. The number of likely N-dealkylation sites (tertiary alicyclic amines) is 1. The van der Waals surface area contributed by atoms with Crippen LogP contribution in [0.25, 0.3) is 0 Å². The molecule has 6 rings (SSSR count). The van der Waals surface area contributed by atoms with Gasteiger partial charge in [0.2, 0.25) is 5.91 Å². The molecule has 10 heteroatoms. The summed E-state index contributed by atoms with van der Waals surface area (Å²) >= 11 is 0. The van der Waals surface area contributed by atoms with E-state index in [-0.39, 0.29) is 35.7 Å². The largest absolute Gasteiger partial charge is 0.462 e. The number of aromatic nitrogens is 2. The zero-order chi connectivity index (χ0) is 28.7. The lowest BCUT2D eigenvalue weighted by Gasteiger charge is -2.45. The van der Waals surface area contributed by atoms with Gasteiger partial charge < -0.3 is 24.2 Å². The summed E-state index contributed by atoms with van der Waals surface area (Å²) in [7, 11) is 2.12. The summed E-state index contributed by atoms with van der Waals surface area (Å²) in [6.45, 7) is 7.24. The summed E-state index contributed by atoms with van der Waals surface area (Å²) in [6.07, 6.45) is 4.33. The van der Waals surface area contributed by atoms with Crippen LogP contribution < -0.4 is 9.64 Å². The van der Waals surface area contributed by atoms with Crippen molar-refractivity contribution in [2.45, 2.75) is 76.0 Å². The number of anilines is 1. The maximum absolute atomic E-state index is 15.0. The smallest absolute Gasteiger partial charge is 0.318 e. The number of nitriles is 1. The third kappa shape index (κ3) is 5.15. The molecule has 4 heterocycles. The minimum Gasteiger partial charge on any atom is -0.462 e. The number of hydrogen-bond donors (Lipinski definition) is 0. The number of likely N-dealkylation sites (N-methyl/N-ethyl adjacent to an activating group) is 1. The van der Waals surface area contributed by atoms with Crippen molar-refractivity contribution in [3.8, 4) is 12.1 Å². The molecule has 2 fully saturated rings. The van der Waals surface area contributed by atoms with Gasteiger partial charge in [-0.1, -0.05) is 12.1 Å². The maximum atomic E-state index is 15.0. The molecule has 9 nitrogen and oxygen atoms in total. The topological polar surface area (TPSA) is 94.8 Å². The van der Waals surface area contributed by atoms with Crippen molar-refractivity contribution in [3.63, 3.8) is 0 Å². The number of piperazine rings is 1. The number of carbonyl (C=O) groups is 1. The number of amides is 1. The number of benzene rings is 1. The van der Waals surface area contributed by atoms with Crippen LogP contribution in [0.4, 0.5) is 10.2 Å². The second-order valence-electron chi connectivity index (χ2n) is 12.1. The molecule has 1 spiro atoms. The lowest BCUT2D eigenvalue weighted by atomic mass is 9.66. The van der Waals surface area contributed by atoms with Crippen LogP contribution in [0.3, 0.4) is 0 Å². The van der Waals surface area contributed by atoms with Crippen molar-refractivity contribution in [1.29, 1.82) is 5.26 Å². The van der Waals surface area contributed by atoms with E-state index in [4.69, 9.17) is 19.4 Å². The summed E-state index contributed by atoms with van der Waals surface area (Å²) < 4.78 is 27.5. The highest BCUT2D eigenvalue weighted by molar-refractivity contribution is 5.74. The monoisotopic (exact) mass is 562 g/mol. The van der Waals surface area contributed by atoms with Gasteiger partial charge in [0.15, 0.2) is 0 Å². The lowest BCUT2D eigenvalue weighted by Crippen LogP contribution is -2.55. The fraction of sp³-hybridized carbons (Fsp3) is 0.613. The molecule has 1 amide bonds. The number of carbonyl (C=O) groups excluding carboxylic acids is 1. The Bertz CT molecular complexity index is 1360. The van der Waals surface area contributed by atoms with Gasteiger partial charge in [0.25, 0.3) is 0 Å². The van der Waals surface area contributed by atoms with Gasteiger partial charge in [0.1, 0.15) is 18.2 Å². The zero-order valence-corrected chi connectivity index (χ0v) is 24.2. The van der Waals surface area contributed by atoms with Crippen molar-refractivity contribution >= 4 is 11.7 Å². The Labute approximate surface area is 241 Å². The number of fused-ring (bicyclic) bond motifs is 3. The second kappa shape index (κ2) is 11.2. The van der Waals surface area contributed by atoms with Gasteiger partial charge in [-0.2, -0.15) is 15.2 Å². The Morgan fingerprint density at radius 2 is 2.12 bits per heavy atom. The first-order chi connectivity index (χ1) is 19.8. The van der Waals surface area contributed by atoms with Gasteiger partial charge in [-0.3, -0.25) is 4.79 Å². The molecule has 0 radical (unpaired) electrons. The fourth-order valence-corrected chi connectivity index (χ4v) is 7.31. The van der Waals surface area contributed by atoms with Crippen LogP contribution in [0, 0.1) is 17.1 Å². The minimum absolute atomic E-state index is 0.0151. The minimum atomic E-state index is -0.373. The van der Waals surface area contributed by atoms with E-state index >= 15 is 4.39 Å². The maximum Gasteiger partial charge on any atom is 0.318 e. The van der Waals surface area contributed by atoms with Crippen LogP contribution in [0.1, 0.15) is 68.0 Å². The molecule has 1 aromatic carbocycles. The molecular weight excluding hydrogens is 523 g/mol. The molecule has 4 aliphatic rings. The Morgan fingerprint density at radius 3 is 2.88 bits per heavy atom.